The number of hydrogen-bond donors (Lipinski definition) is 2. The zero-order valence-electron chi connectivity index (χ0n) is 24.3. The monoisotopic (exact) mass is 510 g/mol. The maximum Gasteiger partial charge on any atom is 0.291 e. The minimum atomic E-state index is -0.174. The normalized spacial score (nSPS) is 19.3. The summed E-state index contributed by atoms with van der Waals surface area (Å²) >= 11 is 0. The third kappa shape index (κ3) is 9.00. The average Bonchev–Trinajstić information content (AvgIpc) is 2.92. The highest BCUT2D eigenvalue weighted by Gasteiger charge is 2.30. The number of nitrogens with two attached hydrogens (primary N) is 1. The molecule has 1 fully saturated rings. The number of piperazine rings is 1. The van der Waals surface area contributed by atoms with Crippen molar-refractivity contribution >= 4 is 11.5 Å². The molecule has 1 aromatic rings. The van der Waals surface area contributed by atoms with Gasteiger partial charge in [-0.15, -0.1) is 0 Å². The van der Waals surface area contributed by atoms with Crippen LogP contribution in [-0.4, -0.2) is 71.1 Å². The highest BCUT2D eigenvalue weighted by molar-refractivity contribution is 5.58. The fourth-order valence-corrected chi connectivity index (χ4v) is 4.88. The molecule has 0 aromatic carbocycles. The van der Waals surface area contributed by atoms with Gasteiger partial charge in [-0.05, 0) is 72.5 Å². The van der Waals surface area contributed by atoms with Crippen LogP contribution < -0.4 is 16.2 Å². The molecule has 2 rings (SSSR count). The van der Waals surface area contributed by atoms with E-state index in [2.05, 4.69) is 90.5 Å². The Morgan fingerprint density at radius 1 is 1.19 bits per heavy atom. The van der Waals surface area contributed by atoms with Gasteiger partial charge in [-0.3, -0.25) is 14.6 Å². The summed E-state index contributed by atoms with van der Waals surface area (Å²) < 4.78 is 0. The van der Waals surface area contributed by atoms with Crippen LogP contribution in [0, 0.1) is 0 Å². The molecule has 2 unspecified atom stereocenters. The number of nitrogens with one attached hydrogen (secondary N) is 1. The second-order valence-electron chi connectivity index (χ2n) is 10.1. The smallest absolute Gasteiger partial charge is 0.291 e. The SMILES string of the molecule is C\C=C(C)/C=C\C(=C/C)CN(CCC)CCC(C)N1CCN(c2ncc(/C(N)=C/C)[nH]c2=O)CC1CC. The summed E-state index contributed by atoms with van der Waals surface area (Å²) in [5.41, 5.74) is 9.52. The van der Waals surface area contributed by atoms with E-state index in [-0.39, 0.29) is 5.56 Å². The fourth-order valence-electron chi connectivity index (χ4n) is 4.88. The molecule has 0 spiro atoms. The van der Waals surface area contributed by atoms with E-state index < -0.39 is 0 Å². The summed E-state index contributed by atoms with van der Waals surface area (Å²) in [7, 11) is 0. The molecule has 1 aliphatic heterocycles. The molecule has 0 saturated carbocycles. The first-order chi connectivity index (χ1) is 17.8. The number of anilines is 1. The van der Waals surface area contributed by atoms with Gasteiger partial charge in [0.05, 0.1) is 17.6 Å². The van der Waals surface area contributed by atoms with Gasteiger partial charge in [0.15, 0.2) is 5.82 Å². The van der Waals surface area contributed by atoms with Crippen molar-refractivity contribution < 1.29 is 0 Å². The molecule has 2 heterocycles. The molecule has 1 aliphatic rings. The number of nitrogens with zero attached hydrogens (tertiary/aromatic N) is 4. The minimum Gasteiger partial charge on any atom is -0.397 e. The Kier molecular flexibility index (Phi) is 12.9. The molecule has 0 bridgehead atoms. The summed E-state index contributed by atoms with van der Waals surface area (Å²) in [5, 5.41) is 0. The van der Waals surface area contributed by atoms with Crippen LogP contribution in [0.15, 0.2) is 52.5 Å². The first kappa shape index (κ1) is 30.6. The van der Waals surface area contributed by atoms with Crippen molar-refractivity contribution in [1.29, 1.82) is 0 Å². The van der Waals surface area contributed by atoms with E-state index in [0.717, 1.165) is 58.5 Å². The average molecular weight is 511 g/mol. The zero-order valence-corrected chi connectivity index (χ0v) is 24.3. The van der Waals surface area contributed by atoms with Crippen LogP contribution in [0.25, 0.3) is 5.70 Å². The molecule has 0 aliphatic carbocycles. The van der Waals surface area contributed by atoms with E-state index in [9.17, 15) is 4.79 Å². The number of aromatic amines is 1. The predicted molar refractivity (Wildman–Crippen MR) is 159 cm³/mol. The Morgan fingerprint density at radius 2 is 1.95 bits per heavy atom. The first-order valence-corrected chi connectivity index (χ1v) is 14.0. The molecule has 7 heteroatoms. The van der Waals surface area contributed by atoms with E-state index in [1.807, 2.05) is 6.92 Å². The van der Waals surface area contributed by atoms with Gasteiger partial charge in [0.2, 0.25) is 0 Å². The lowest BCUT2D eigenvalue weighted by molar-refractivity contribution is 0.109. The van der Waals surface area contributed by atoms with Crippen LogP contribution in [0.1, 0.15) is 73.4 Å². The molecule has 0 amide bonds. The number of allylic oxidation sites excluding steroid dienone is 5. The van der Waals surface area contributed by atoms with Crippen LogP contribution in [0.5, 0.6) is 0 Å². The Morgan fingerprint density at radius 3 is 2.54 bits per heavy atom. The molecule has 7 nitrogen and oxygen atoms in total. The Balaban J connectivity index is 2.01. The lowest BCUT2D eigenvalue weighted by Crippen LogP contribution is -2.57. The predicted octanol–water partition coefficient (Wildman–Crippen LogP) is 4.95. The first-order valence-electron chi connectivity index (χ1n) is 14.0. The second-order valence-corrected chi connectivity index (χ2v) is 10.1. The standard InChI is InChI=1S/C30H50N6O/c1-8-16-34(21-25(10-3)14-13-23(6)9-2)17-15-24(7)36-19-18-35(22-26(36)11-4)29-30(37)33-28(20-32-29)27(31)12-5/h9-10,12-14,20,24,26H,8,11,15-19,21-22,31H2,1-7H3,(H,33,37)/b14-13-,23-9-,25-10+,27-12-. The van der Waals surface area contributed by atoms with Crippen LogP contribution in [-0.2, 0) is 0 Å². The van der Waals surface area contributed by atoms with Gasteiger partial charge in [-0.25, -0.2) is 4.98 Å². The van der Waals surface area contributed by atoms with Crippen molar-refractivity contribution in [2.45, 2.75) is 79.8 Å². The second kappa shape index (κ2) is 15.6. The molecule has 2 atom stereocenters. The fraction of sp³-hybridized carbons (Fsp3) is 0.600. The van der Waals surface area contributed by atoms with Gasteiger partial charge in [0.25, 0.3) is 5.56 Å². The van der Waals surface area contributed by atoms with Gasteiger partial charge in [0, 0.05) is 38.3 Å². The van der Waals surface area contributed by atoms with Crippen LogP contribution >= 0.6 is 0 Å². The van der Waals surface area contributed by atoms with Gasteiger partial charge in [0.1, 0.15) is 0 Å². The molecular formula is C30H50N6O. The third-order valence-electron chi connectivity index (χ3n) is 7.45. The highest BCUT2D eigenvalue weighted by Crippen LogP contribution is 2.21. The van der Waals surface area contributed by atoms with Crippen LogP contribution in [0.4, 0.5) is 5.82 Å². The summed E-state index contributed by atoms with van der Waals surface area (Å²) in [6, 6.07) is 0.868. The summed E-state index contributed by atoms with van der Waals surface area (Å²) in [4.78, 5) is 27.5. The number of rotatable bonds is 13. The Bertz CT molecular complexity index is 1020. The van der Waals surface area contributed by atoms with E-state index in [4.69, 9.17) is 5.73 Å². The van der Waals surface area contributed by atoms with Crippen molar-refractivity contribution in [2.24, 2.45) is 5.73 Å². The Labute approximate surface area is 224 Å². The number of aromatic nitrogens is 2. The van der Waals surface area contributed by atoms with Crippen LogP contribution in [0.2, 0.25) is 0 Å². The van der Waals surface area contributed by atoms with Crippen molar-refractivity contribution in [1.82, 2.24) is 19.8 Å². The molecule has 1 aromatic heterocycles. The lowest BCUT2D eigenvalue weighted by atomic mass is 10.0. The third-order valence-corrected chi connectivity index (χ3v) is 7.45. The lowest BCUT2D eigenvalue weighted by Gasteiger charge is -2.44. The highest BCUT2D eigenvalue weighted by atomic mass is 16.1. The van der Waals surface area contributed by atoms with Gasteiger partial charge >= 0.3 is 0 Å². The zero-order chi connectivity index (χ0) is 27.4. The van der Waals surface area contributed by atoms with E-state index in [1.165, 1.54) is 11.1 Å². The molecule has 0 radical (unpaired) electrons. The molecule has 3 N–H and O–H groups in total. The van der Waals surface area contributed by atoms with Crippen molar-refractivity contribution in [2.75, 3.05) is 44.2 Å². The molecular weight excluding hydrogens is 460 g/mol. The van der Waals surface area contributed by atoms with Crippen molar-refractivity contribution in [3.8, 4) is 0 Å². The molecule has 206 valence electrons. The minimum absolute atomic E-state index is 0.174. The van der Waals surface area contributed by atoms with Crippen molar-refractivity contribution in [3.05, 3.63) is 63.8 Å². The van der Waals surface area contributed by atoms with Crippen LogP contribution in [0.3, 0.4) is 0 Å². The Hall–Kier alpha value is -2.64. The summed E-state index contributed by atoms with van der Waals surface area (Å²) in [6.45, 7) is 20.7. The van der Waals surface area contributed by atoms with E-state index in [1.54, 1.807) is 12.3 Å². The van der Waals surface area contributed by atoms with Gasteiger partial charge < -0.3 is 15.6 Å². The maximum atomic E-state index is 12.7. The van der Waals surface area contributed by atoms with Gasteiger partial charge in [-0.1, -0.05) is 49.8 Å². The maximum absolute atomic E-state index is 12.7. The van der Waals surface area contributed by atoms with Gasteiger partial charge in [-0.2, -0.15) is 0 Å². The largest absolute Gasteiger partial charge is 0.397 e. The van der Waals surface area contributed by atoms with Crippen molar-refractivity contribution in [3.63, 3.8) is 0 Å². The molecule has 37 heavy (non-hydrogen) atoms. The summed E-state index contributed by atoms with van der Waals surface area (Å²) in [5.74, 6) is 0.493. The quantitative estimate of drug-likeness (QED) is 0.366. The summed E-state index contributed by atoms with van der Waals surface area (Å²) in [6.07, 6.45) is 15.6. The van der Waals surface area contributed by atoms with E-state index >= 15 is 0 Å². The number of H-pyrrole nitrogens is 1. The van der Waals surface area contributed by atoms with E-state index in [0.29, 0.717) is 29.3 Å². The topological polar surface area (TPSA) is 81.5 Å². The molecule has 1 saturated heterocycles. The number of hydrogen-bond acceptors (Lipinski definition) is 6.